The van der Waals surface area contributed by atoms with Crippen LogP contribution in [-0.2, 0) is 6.42 Å². The molecular weight excluding hydrogens is 246 g/mol. The molecule has 1 atom stereocenters. The molecule has 0 aromatic heterocycles. The quantitative estimate of drug-likeness (QED) is 0.807. The van der Waals surface area contributed by atoms with E-state index in [0.717, 1.165) is 25.0 Å². The normalized spacial score (nSPS) is 12.5. The van der Waals surface area contributed by atoms with Crippen LogP contribution in [0.15, 0.2) is 12.1 Å². The van der Waals surface area contributed by atoms with Crippen molar-refractivity contribution >= 4 is 11.6 Å². The molecule has 1 unspecified atom stereocenters. The van der Waals surface area contributed by atoms with Crippen molar-refractivity contribution in [3.8, 4) is 5.75 Å². The van der Waals surface area contributed by atoms with Gasteiger partial charge in [0.1, 0.15) is 5.75 Å². The van der Waals surface area contributed by atoms with Gasteiger partial charge in [-0.05, 0) is 48.9 Å². The van der Waals surface area contributed by atoms with Crippen LogP contribution in [0, 0.1) is 0 Å². The van der Waals surface area contributed by atoms with E-state index in [9.17, 15) is 0 Å². The fourth-order valence-electron chi connectivity index (χ4n) is 1.93. The molecule has 0 spiro atoms. The molecule has 1 aromatic carbocycles. The Labute approximate surface area is 115 Å². The van der Waals surface area contributed by atoms with Crippen molar-refractivity contribution in [2.24, 2.45) is 5.73 Å². The number of rotatable bonds is 7. The summed E-state index contributed by atoms with van der Waals surface area (Å²) in [4.78, 5) is 0. The summed E-state index contributed by atoms with van der Waals surface area (Å²) in [6.07, 6.45) is 2.92. The highest BCUT2D eigenvalue weighted by Gasteiger charge is 2.15. The Kier molecular flexibility index (Phi) is 6.51. The zero-order valence-electron chi connectivity index (χ0n) is 11.6. The maximum atomic E-state index is 6.34. The summed E-state index contributed by atoms with van der Waals surface area (Å²) in [5.41, 5.74) is 8.02. The predicted octanol–water partition coefficient (Wildman–Crippen LogP) is 4.14. The lowest BCUT2D eigenvalue weighted by Gasteiger charge is -2.18. The predicted molar refractivity (Wildman–Crippen MR) is 78.7 cm³/mol. The highest BCUT2D eigenvalue weighted by atomic mass is 35.5. The van der Waals surface area contributed by atoms with E-state index >= 15 is 0 Å². The van der Waals surface area contributed by atoms with E-state index in [1.54, 1.807) is 0 Å². The molecule has 1 aromatic rings. The van der Waals surface area contributed by atoms with E-state index in [-0.39, 0.29) is 0 Å². The highest BCUT2D eigenvalue weighted by Crippen LogP contribution is 2.36. The standard InChI is InChI=1S/C15H24ClNO/c1-4-8-18-15-13(11(3)5-2)9-12(6-7-17)10-14(15)16/h9-11H,4-8,17H2,1-3H3. The minimum Gasteiger partial charge on any atom is -0.492 e. The van der Waals surface area contributed by atoms with Gasteiger partial charge in [0, 0.05) is 0 Å². The van der Waals surface area contributed by atoms with Crippen LogP contribution in [0.1, 0.15) is 50.7 Å². The Hall–Kier alpha value is -0.730. The minimum atomic E-state index is 0.451. The monoisotopic (exact) mass is 269 g/mol. The molecule has 2 N–H and O–H groups in total. The Balaban J connectivity index is 3.12. The van der Waals surface area contributed by atoms with Gasteiger partial charge in [-0.3, -0.25) is 0 Å². The molecule has 0 amide bonds. The summed E-state index contributed by atoms with van der Waals surface area (Å²) >= 11 is 6.34. The van der Waals surface area contributed by atoms with E-state index < -0.39 is 0 Å². The zero-order chi connectivity index (χ0) is 13.5. The minimum absolute atomic E-state index is 0.451. The van der Waals surface area contributed by atoms with Crippen LogP contribution in [0.25, 0.3) is 0 Å². The summed E-state index contributed by atoms with van der Waals surface area (Å²) in [7, 11) is 0. The van der Waals surface area contributed by atoms with E-state index in [4.69, 9.17) is 22.1 Å². The van der Waals surface area contributed by atoms with Gasteiger partial charge in [0.25, 0.3) is 0 Å². The summed E-state index contributed by atoms with van der Waals surface area (Å²) in [5.74, 6) is 1.31. The number of halogens is 1. The topological polar surface area (TPSA) is 35.2 Å². The highest BCUT2D eigenvalue weighted by molar-refractivity contribution is 6.32. The molecule has 0 radical (unpaired) electrons. The molecule has 102 valence electrons. The van der Waals surface area contributed by atoms with Gasteiger partial charge in [-0.25, -0.2) is 0 Å². The van der Waals surface area contributed by atoms with E-state index in [1.807, 2.05) is 6.07 Å². The van der Waals surface area contributed by atoms with Gasteiger partial charge in [-0.15, -0.1) is 0 Å². The lowest BCUT2D eigenvalue weighted by Crippen LogP contribution is -2.06. The van der Waals surface area contributed by atoms with Crippen LogP contribution in [0.5, 0.6) is 5.75 Å². The maximum Gasteiger partial charge on any atom is 0.141 e. The van der Waals surface area contributed by atoms with Crippen molar-refractivity contribution in [3.63, 3.8) is 0 Å². The average Bonchev–Trinajstić information content (AvgIpc) is 2.36. The second-order valence-corrected chi connectivity index (χ2v) is 5.10. The Morgan fingerprint density at radius 2 is 2.06 bits per heavy atom. The second-order valence-electron chi connectivity index (χ2n) is 4.69. The number of benzene rings is 1. The van der Waals surface area contributed by atoms with Gasteiger partial charge in [-0.1, -0.05) is 38.4 Å². The summed E-state index contributed by atoms with van der Waals surface area (Å²) in [6, 6.07) is 4.17. The lowest BCUT2D eigenvalue weighted by atomic mass is 9.95. The maximum absolute atomic E-state index is 6.34. The van der Waals surface area contributed by atoms with Crippen LogP contribution < -0.4 is 10.5 Å². The van der Waals surface area contributed by atoms with Crippen LogP contribution in [-0.4, -0.2) is 13.2 Å². The van der Waals surface area contributed by atoms with Gasteiger partial charge in [-0.2, -0.15) is 0 Å². The molecule has 18 heavy (non-hydrogen) atoms. The van der Waals surface area contributed by atoms with Gasteiger partial charge in [0.15, 0.2) is 0 Å². The molecule has 0 aliphatic rings. The fraction of sp³-hybridized carbons (Fsp3) is 0.600. The molecule has 1 rings (SSSR count). The molecule has 0 bridgehead atoms. The molecule has 3 heteroatoms. The molecule has 0 saturated heterocycles. The van der Waals surface area contributed by atoms with Crippen LogP contribution in [0.3, 0.4) is 0 Å². The summed E-state index contributed by atoms with van der Waals surface area (Å²) < 4.78 is 5.81. The molecule has 0 heterocycles. The average molecular weight is 270 g/mol. The number of nitrogens with two attached hydrogens (primary N) is 1. The van der Waals surface area contributed by atoms with Gasteiger partial charge in [0.2, 0.25) is 0 Å². The zero-order valence-corrected chi connectivity index (χ0v) is 12.4. The Morgan fingerprint density at radius 3 is 2.61 bits per heavy atom. The largest absolute Gasteiger partial charge is 0.492 e. The third kappa shape index (κ3) is 3.89. The van der Waals surface area contributed by atoms with Crippen LogP contribution >= 0.6 is 11.6 Å². The van der Waals surface area contributed by atoms with Gasteiger partial charge < -0.3 is 10.5 Å². The van der Waals surface area contributed by atoms with Gasteiger partial charge in [0.05, 0.1) is 11.6 Å². The van der Waals surface area contributed by atoms with Crippen molar-refractivity contribution in [3.05, 3.63) is 28.3 Å². The molecule has 0 saturated carbocycles. The van der Waals surface area contributed by atoms with E-state index in [0.29, 0.717) is 24.1 Å². The SMILES string of the molecule is CCCOc1c(Cl)cc(CCN)cc1C(C)CC. The molecule has 2 nitrogen and oxygen atoms in total. The molecular formula is C15H24ClNO. The lowest BCUT2D eigenvalue weighted by molar-refractivity contribution is 0.312. The first kappa shape index (κ1) is 15.3. The first-order valence-corrected chi connectivity index (χ1v) is 7.16. The van der Waals surface area contributed by atoms with Crippen molar-refractivity contribution < 1.29 is 4.74 Å². The molecule has 0 aliphatic heterocycles. The number of ether oxygens (including phenoxy) is 1. The van der Waals surface area contributed by atoms with Crippen molar-refractivity contribution in [2.75, 3.05) is 13.2 Å². The Bertz CT molecular complexity index is 379. The molecule has 0 fully saturated rings. The third-order valence-corrected chi connectivity index (χ3v) is 3.44. The smallest absolute Gasteiger partial charge is 0.141 e. The van der Waals surface area contributed by atoms with Crippen LogP contribution in [0.2, 0.25) is 5.02 Å². The summed E-state index contributed by atoms with van der Waals surface area (Å²) in [6.45, 7) is 7.83. The molecule has 0 aliphatic carbocycles. The number of hydrogen-bond acceptors (Lipinski definition) is 2. The number of hydrogen-bond donors (Lipinski definition) is 1. The van der Waals surface area contributed by atoms with E-state index in [2.05, 4.69) is 26.8 Å². The van der Waals surface area contributed by atoms with E-state index in [1.165, 1.54) is 11.1 Å². The van der Waals surface area contributed by atoms with Crippen molar-refractivity contribution in [1.82, 2.24) is 0 Å². The third-order valence-electron chi connectivity index (χ3n) is 3.16. The first-order chi connectivity index (χ1) is 8.63. The second kappa shape index (κ2) is 7.65. The van der Waals surface area contributed by atoms with Crippen molar-refractivity contribution in [2.45, 2.75) is 46.0 Å². The van der Waals surface area contributed by atoms with Crippen molar-refractivity contribution in [1.29, 1.82) is 0 Å². The van der Waals surface area contributed by atoms with Gasteiger partial charge >= 0.3 is 0 Å². The first-order valence-electron chi connectivity index (χ1n) is 6.79. The van der Waals surface area contributed by atoms with Crippen LogP contribution in [0.4, 0.5) is 0 Å². The summed E-state index contributed by atoms with van der Waals surface area (Å²) in [5, 5.41) is 0.713. The Morgan fingerprint density at radius 1 is 1.33 bits per heavy atom. The fourth-order valence-corrected chi connectivity index (χ4v) is 2.23.